The Kier molecular flexibility index (Phi) is 6.15. The predicted molar refractivity (Wildman–Crippen MR) is 80.3 cm³/mol. The number of nitrogens with one attached hydrogen (secondary N) is 2. The number of hydrogen-bond acceptors (Lipinski definition) is 3. The van der Waals surface area contributed by atoms with Crippen LogP contribution in [0.25, 0.3) is 0 Å². The van der Waals surface area contributed by atoms with Crippen molar-refractivity contribution in [2.75, 3.05) is 30.7 Å². The van der Waals surface area contributed by atoms with Crippen LogP contribution in [0.2, 0.25) is 0 Å². The molecule has 0 aromatic heterocycles. The van der Waals surface area contributed by atoms with Crippen LogP contribution in [0, 0.1) is 0 Å². The molecule has 106 valence electrons. The zero-order valence-electron chi connectivity index (χ0n) is 11.9. The minimum Gasteiger partial charge on any atom is -0.399 e. The number of benzene rings is 1. The monoisotopic (exact) mass is 264 g/mol. The van der Waals surface area contributed by atoms with Crippen LogP contribution < -0.4 is 16.4 Å². The SMILES string of the molecule is CCN(CC)CC(C)NC(=O)Nc1cccc(N)c1. The number of carbonyl (C=O) groups excluding carboxylic acids is 1. The third-order valence-electron chi connectivity index (χ3n) is 2.95. The van der Waals surface area contributed by atoms with Crippen molar-refractivity contribution < 1.29 is 4.79 Å². The summed E-state index contributed by atoms with van der Waals surface area (Å²) in [5, 5.41) is 5.69. The van der Waals surface area contributed by atoms with E-state index in [1.54, 1.807) is 12.1 Å². The van der Waals surface area contributed by atoms with Gasteiger partial charge in [0.2, 0.25) is 0 Å². The fourth-order valence-corrected chi connectivity index (χ4v) is 1.92. The highest BCUT2D eigenvalue weighted by molar-refractivity contribution is 5.89. The number of amides is 2. The third kappa shape index (κ3) is 5.61. The normalized spacial score (nSPS) is 12.2. The summed E-state index contributed by atoms with van der Waals surface area (Å²) in [5.41, 5.74) is 6.99. The predicted octanol–water partition coefficient (Wildman–Crippen LogP) is 2.12. The molecule has 0 aliphatic heterocycles. The molecule has 4 N–H and O–H groups in total. The second kappa shape index (κ2) is 7.63. The second-order valence-electron chi connectivity index (χ2n) is 4.61. The fourth-order valence-electron chi connectivity index (χ4n) is 1.92. The molecule has 19 heavy (non-hydrogen) atoms. The van der Waals surface area contributed by atoms with E-state index in [2.05, 4.69) is 29.4 Å². The molecule has 5 heteroatoms. The van der Waals surface area contributed by atoms with E-state index in [-0.39, 0.29) is 12.1 Å². The molecule has 0 aliphatic carbocycles. The number of rotatable bonds is 6. The maximum absolute atomic E-state index is 11.8. The molecule has 0 bridgehead atoms. The summed E-state index contributed by atoms with van der Waals surface area (Å²) >= 11 is 0. The smallest absolute Gasteiger partial charge is 0.319 e. The Morgan fingerprint density at radius 3 is 2.63 bits per heavy atom. The van der Waals surface area contributed by atoms with Gasteiger partial charge in [-0.1, -0.05) is 19.9 Å². The van der Waals surface area contributed by atoms with Crippen LogP contribution in [-0.4, -0.2) is 36.6 Å². The Labute approximate surface area is 115 Å². The lowest BCUT2D eigenvalue weighted by Crippen LogP contribution is -2.43. The number of anilines is 2. The van der Waals surface area contributed by atoms with E-state index < -0.39 is 0 Å². The number of nitrogen functional groups attached to an aromatic ring is 1. The van der Waals surface area contributed by atoms with Gasteiger partial charge < -0.3 is 21.3 Å². The summed E-state index contributed by atoms with van der Waals surface area (Å²) in [6, 6.07) is 7.03. The Morgan fingerprint density at radius 2 is 2.05 bits per heavy atom. The quantitative estimate of drug-likeness (QED) is 0.689. The molecular formula is C14H24N4O. The first kappa shape index (κ1) is 15.3. The summed E-state index contributed by atoms with van der Waals surface area (Å²) in [6.07, 6.45) is 0. The van der Waals surface area contributed by atoms with Gasteiger partial charge in [0.1, 0.15) is 0 Å². The molecule has 0 aliphatic rings. The maximum Gasteiger partial charge on any atom is 0.319 e. The molecule has 0 radical (unpaired) electrons. The largest absolute Gasteiger partial charge is 0.399 e. The van der Waals surface area contributed by atoms with E-state index in [1.165, 1.54) is 0 Å². The number of nitrogens with zero attached hydrogens (tertiary/aromatic N) is 1. The van der Waals surface area contributed by atoms with Crippen LogP contribution in [0.4, 0.5) is 16.2 Å². The van der Waals surface area contributed by atoms with Gasteiger partial charge in [0.05, 0.1) is 0 Å². The fraction of sp³-hybridized carbons (Fsp3) is 0.500. The highest BCUT2D eigenvalue weighted by Crippen LogP contribution is 2.11. The van der Waals surface area contributed by atoms with Gasteiger partial charge in [-0.15, -0.1) is 0 Å². The summed E-state index contributed by atoms with van der Waals surface area (Å²) in [6.45, 7) is 9.04. The van der Waals surface area contributed by atoms with Crippen molar-refractivity contribution in [1.29, 1.82) is 0 Å². The molecule has 1 aromatic rings. The van der Waals surface area contributed by atoms with Crippen LogP contribution in [0.3, 0.4) is 0 Å². The molecule has 2 amide bonds. The Balaban J connectivity index is 2.42. The highest BCUT2D eigenvalue weighted by atomic mass is 16.2. The van der Waals surface area contributed by atoms with Crippen molar-refractivity contribution in [2.24, 2.45) is 0 Å². The molecule has 1 atom stereocenters. The van der Waals surface area contributed by atoms with E-state index in [1.807, 2.05) is 19.1 Å². The lowest BCUT2D eigenvalue weighted by Gasteiger charge is -2.23. The minimum absolute atomic E-state index is 0.0981. The van der Waals surface area contributed by atoms with Gasteiger partial charge in [-0.2, -0.15) is 0 Å². The number of hydrogen-bond donors (Lipinski definition) is 3. The van der Waals surface area contributed by atoms with Crippen LogP contribution >= 0.6 is 0 Å². The van der Waals surface area contributed by atoms with Crippen LogP contribution in [-0.2, 0) is 0 Å². The molecule has 1 rings (SSSR count). The van der Waals surface area contributed by atoms with Gasteiger partial charge in [-0.05, 0) is 38.2 Å². The maximum atomic E-state index is 11.8. The van der Waals surface area contributed by atoms with Gasteiger partial charge in [0.15, 0.2) is 0 Å². The highest BCUT2D eigenvalue weighted by Gasteiger charge is 2.10. The van der Waals surface area contributed by atoms with Crippen molar-refractivity contribution in [3.8, 4) is 0 Å². The molecule has 0 heterocycles. The van der Waals surface area contributed by atoms with Crippen molar-refractivity contribution in [2.45, 2.75) is 26.8 Å². The second-order valence-corrected chi connectivity index (χ2v) is 4.61. The lowest BCUT2D eigenvalue weighted by molar-refractivity contribution is 0.238. The first-order chi connectivity index (χ1) is 9.05. The third-order valence-corrected chi connectivity index (χ3v) is 2.95. The van der Waals surface area contributed by atoms with Gasteiger partial charge >= 0.3 is 6.03 Å². The zero-order chi connectivity index (χ0) is 14.3. The van der Waals surface area contributed by atoms with Gasteiger partial charge in [0, 0.05) is 24.0 Å². The van der Waals surface area contributed by atoms with Gasteiger partial charge in [-0.3, -0.25) is 0 Å². The lowest BCUT2D eigenvalue weighted by atomic mass is 10.3. The van der Waals surface area contributed by atoms with Crippen molar-refractivity contribution >= 4 is 17.4 Å². The summed E-state index contributed by atoms with van der Waals surface area (Å²) in [4.78, 5) is 14.1. The molecule has 5 nitrogen and oxygen atoms in total. The first-order valence-electron chi connectivity index (χ1n) is 6.70. The van der Waals surface area contributed by atoms with Crippen molar-refractivity contribution in [1.82, 2.24) is 10.2 Å². The Morgan fingerprint density at radius 1 is 1.37 bits per heavy atom. The summed E-state index contributed by atoms with van der Waals surface area (Å²) in [7, 11) is 0. The molecule has 1 aromatic carbocycles. The average molecular weight is 264 g/mol. The van der Waals surface area contributed by atoms with Crippen molar-refractivity contribution in [3.63, 3.8) is 0 Å². The van der Waals surface area contributed by atoms with Gasteiger partial charge in [-0.25, -0.2) is 4.79 Å². The average Bonchev–Trinajstić information content (AvgIpc) is 2.35. The van der Waals surface area contributed by atoms with E-state index >= 15 is 0 Å². The van der Waals surface area contributed by atoms with E-state index in [9.17, 15) is 4.79 Å². The standard InChI is InChI=1S/C14H24N4O/c1-4-18(5-2)10-11(3)16-14(19)17-13-8-6-7-12(15)9-13/h6-9,11H,4-5,10,15H2,1-3H3,(H2,16,17,19). The number of likely N-dealkylation sites (N-methyl/N-ethyl adjacent to an activating group) is 1. The molecule has 1 unspecified atom stereocenters. The Hall–Kier alpha value is -1.75. The first-order valence-corrected chi connectivity index (χ1v) is 6.70. The van der Waals surface area contributed by atoms with Crippen LogP contribution in [0.15, 0.2) is 24.3 Å². The number of nitrogens with two attached hydrogens (primary N) is 1. The van der Waals surface area contributed by atoms with E-state index in [0.29, 0.717) is 11.4 Å². The van der Waals surface area contributed by atoms with E-state index in [4.69, 9.17) is 5.73 Å². The number of urea groups is 1. The molecule has 0 saturated heterocycles. The van der Waals surface area contributed by atoms with E-state index in [0.717, 1.165) is 19.6 Å². The summed E-state index contributed by atoms with van der Waals surface area (Å²) < 4.78 is 0. The van der Waals surface area contributed by atoms with Crippen molar-refractivity contribution in [3.05, 3.63) is 24.3 Å². The minimum atomic E-state index is -0.203. The molecule has 0 fully saturated rings. The molecule has 0 spiro atoms. The molecular weight excluding hydrogens is 240 g/mol. The number of carbonyl (C=O) groups is 1. The van der Waals surface area contributed by atoms with Crippen LogP contribution in [0.5, 0.6) is 0 Å². The zero-order valence-corrected chi connectivity index (χ0v) is 11.9. The molecule has 0 saturated carbocycles. The topological polar surface area (TPSA) is 70.4 Å². The Bertz CT molecular complexity index is 404. The van der Waals surface area contributed by atoms with Gasteiger partial charge in [0.25, 0.3) is 0 Å². The van der Waals surface area contributed by atoms with Crippen LogP contribution in [0.1, 0.15) is 20.8 Å². The summed E-state index contributed by atoms with van der Waals surface area (Å²) in [5.74, 6) is 0.